The Hall–Kier alpha value is -5.54. The number of anilines is 2. The van der Waals surface area contributed by atoms with Gasteiger partial charge in [0.1, 0.15) is 18.0 Å². The predicted octanol–water partition coefficient (Wildman–Crippen LogP) is 10.3. The van der Waals surface area contributed by atoms with Crippen LogP contribution in [0.1, 0.15) is 161 Å². The van der Waals surface area contributed by atoms with E-state index >= 15 is 0 Å². The lowest BCUT2D eigenvalue weighted by Gasteiger charge is -2.32. The molecule has 4 N–H and O–H groups in total. The first kappa shape index (κ1) is 49.4. The number of amides is 5. The molecule has 0 spiro atoms. The number of aromatic nitrogens is 3. The number of carbonyl (C=O) groups is 5. The van der Waals surface area contributed by atoms with E-state index < -0.39 is 41.6 Å². The van der Waals surface area contributed by atoms with Crippen molar-refractivity contribution in [3.05, 3.63) is 87.5 Å². The molecule has 0 radical (unpaired) electrons. The van der Waals surface area contributed by atoms with Crippen LogP contribution in [0.4, 0.5) is 15.9 Å². The molecule has 0 saturated carbocycles. The number of pyridine rings is 1. The molecule has 14 nitrogen and oxygen atoms in total. The van der Waals surface area contributed by atoms with Crippen LogP contribution in [-0.2, 0) is 14.4 Å². The molecule has 2 fully saturated rings. The molecular formula is C50H61Cl2FN8O6. The second kappa shape index (κ2) is 23.5. The number of fused-ring (bicyclic) bond motifs is 1. The number of unbranched alkanes of at least 4 members (excludes halogenated alkanes) is 12. The van der Waals surface area contributed by atoms with Crippen LogP contribution in [0.25, 0.3) is 11.1 Å². The molecule has 17 heteroatoms. The maximum atomic E-state index is 14.2. The fraction of sp³-hybridized carbons (Fsp3) is 0.500. The minimum atomic E-state index is -0.973. The van der Waals surface area contributed by atoms with Gasteiger partial charge in [-0.05, 0) is 69.4 Å². The number of nitrogens with zero attached hydrogens (tertiary/aromatic N) is 5. The van der Waals surface area contributed by atoms with Crippen molar-refractivity contribution in [2.24, 2.45) is 0 Å². The lowest BCUT2D eigenvalue weighted by molar-refractivity contribution is -0.136. The Kier molecular flexibility index (Phi) is 17.3. The van der Waals surface area contributed by atoms with Crippen LogP contribution in [0, 0.1) is 5.82 Å². The third kappa shape index (κ3) is 12.3. The quantitative estimate of drug-likeness (QED) is 0.0368. The van der Waals surface area contributed by atoms with E-state index in [4.69, 9.17) is 33.7 Å². The van der Waals surface area contributed by atoms with E-state index in [0.29, 0.717) is 48.6 Å². The lowest BCUT2D eigenvalue weighted by Crippen LogP contribution is -2.54. The molecule has 7 rings (SSSR count). The molecular weight excluding hydrogens is 899 g/mol. The molecule has 2 aromatic carbocycles. The van der Waals surface area contributed by atoms with Crippen molar-refractivity contribution in [3.63, 3.8) is 0 Å². The van der Waals surface area contributed by atoms with E-state index in [1.807, 2.05) is 15.8 Å². The Bertz CT molecular complexity index is 2420. The Morgan fingerprint density at radius 3 is 2.24 bits per heavy atom. The van der Waals surface area contributed by atoms with Crippen LogP contribution in [0.3, 0.4) is 0 Å². The molecule has 0 bridgehead atoms. The van der Waals surface area contributed by atoms with Gasteiger partial charge in [-0.25, -0.2) is 9.37 Å². The molecule has 2 aromatic heterocycles. The van der Waals surface area contributed by atoms with Crippen molar-refractivity contribution in [3.8, 4) is 16.9 Å². The van der Waals surface area contributed by atoms with Gasteiger partial charge in [0.2, 0.25) is 17.7 Å². The highest BCUT2D eigenvalue weighted by molar-refractivity contribution is 6.36. The number of nitrogens with two attached hydrogens (primary N) is 1. The van der Waals surface area contributed by atoms with Crippen molar-refractivity contribution in [1.82, 2.24) is 29.9 Å². The van der Waals surface area contributed by atoms with Gasteiger partial charge in [0.25, 0.3) is 11.8 Å². The minimum absolute atomic E-state index is 0.0917. The molecule has 3 aliphatic rings. The van der Waals surface area contributed by atoms with Gasteiger partial charge in [0.15, 0.2) is 11.6 Å². The number of carbonyl (C=O) groups excluding carboxylic acids is 5. The average molecular weight is 960 g/mol. The number of piperidine rings is 2. The topological polar surface area (TPSA) is 182 Å². The number of rotatable bonds is 23. The maximum absolute atomic E-state index is 14.2. The highest BCUT2D eigenvalue weighted by atomic mass is 35.5. The summed E-state index contributed by atoms with van der Waals surface area (Å²) >= 11 is 12.5. The normalized spacial score (nSPS) is 16.9. The van der Waals surface area contributed by atoms with E-state index in [1.54, 1.807) is 43.6 Å². The Morgan fingerprint density at radius 2 is 1.55 bits per heavy atom. The molecule has 358 valence electrons. The van der Waals surface area contributed by atoms with Crippen molar-refractivity contribution >= 4 is 64.2 Å². The summed E-state index contributed by atoms with van der Waals surface area (Å²) in [5.74, 6) is -1.84. The summed E-state index contributed by atoms with van der Waals surface area (Å²) in [7, 11) is 0. The second-order valence-corrected chi connectivity index (χ2v) is 18.7. The van der Waals surface area contributed by atoms with Crippen molar-refractivity contribution in [2.75, 3.05) is 30.7 Å². The summed E-state index contributed by atoms with van der Waals surface area (Å²) in [5.41, 5.74) is 9.26. The molecule has 0 aliphatic carbocycles. The largest absolute Gasteiger partial charge is 0.482 e. The standard InChI is InChI=1S/C50H61Cl2FN8O6/c1-32(44-37(51)19-20-38(53)46(44)52)67-41-28-33(29-56-47(41)54)34-30-57-60(31-34)35-23-26-59(27-24-35)43(63)18-13-11-9-7-5-3-2-4-6-8-10-12-14-25-55-39-17-15-16-36-45(39)50(66)61(49(36)65)40-21-22-42(62)58-48(40)64/h15-17,19-20,28-32,35,40,55H,2-14,18,21-27H2,1H3,(H2,54,56)(H,58,62,64)/t32-,40?/m1/s1. The van der Waals surface area contributed by atoms with Gasteiger partial charge in [-0.15, -0.1) is 0 Å². The zero-order chi connectivity index (χ0) is 47.5. The van der Waals surface area contributed by atoms with Gasteiger partial charge >= 0.3 is 0 Å². The lowest BCUT2D eigenvalue weighted by atomic mass is 10.0. The Labute approximate surface area is 401 Å². The molecule has 3 aliphatic heterocycles. The molecule has 1 unspecified atom stereocenters. The van der Waals surface area contributed by atoms with E-state index in [9.17, 15) is 28.4 Å². The number of nitrogens with one attached hydrogen (secondary N) is 2. The van der Waals surface area contributed by atoms with Crippen LogP contribution in [-0.4, -0.2) is 79.8 Å². The first-order valence-corrected chi connectivity index (χ1v) is 24.6. The first-order chi connectivity index (χ1) is 32.4. The molecule has 2 atom stereocenters. The summed E-state index contributed by atoms with van der Waals surface area (Å²) in [6.07, 6.45) is 22.1. The van der Waals surface area contributed by atoms with Crippen LogP contribution in [0.2, 0.25) is 10.0 Å². The van der Waals surface area contributed by atoms with Gasteiger partial charge in [0.05, 0.1) is 28.4 Å². The number of hydrogen-bond acceptors (Lipinski definition) is 10. The van der Waals surface area contributed by atoms with Gasteiger partial charge < -0.3 is 20.7 Å². The fourth-order valence-corrected chi connectivity index (χ4v) is 10.0. The highest BCUT2D eigenvalue weighted by Crippen LogP contribution is 2.38. The first-order valence-electron chi connectivity index (χ1n) is 23.9. The summed E-state index contributed by atoms with van der Waals surface area (Å²) in [6, 6.07) is 8.77. The number of likely N-dealkylation sites (tertiary alicyclic amines) is 1. The van der Waals surface area contributed by atoms with E-state index in [0.717, 1.165) is 67.4 Å². The van der Waals surface area contributed by atoms with E-state index in [2.05, 4.69) is 20.7 Å². The van der Waals surface area contributed by atoms with Crippen LogP contribution >= 0.6 is 23.2 Å². The molecule has 5 amide bonds. The second-order valence-electron chi connectivity index (χ2n) is 17.9. The van der Waals surface area contributed by atoms with Gasteiger partial charge in [-0.1, -0.05) is 99.9 Å². The van der Waals surface area contributed by atoms with Crippen LogP contribution < -0.4 is 21.1 Å². The summed E-state index contributed by atoms with van der Waals surface area (Å²) in [6.45, 7) is 3.81. The summed E-state index contributed by atoms with van der Waals surface area (Å²) in [4.78, 5) is 70.7. The smallest absolute Gasteiger partial charge is 0.264 e. The van der Waals surface area contributed by atoms with Crippen molar-refractivity contribution < 1.29 is 33.1 Å². The Balaban J connectivity index is 0.697. The van der Waals surface area contributed by atoms with Crippen molar-refractivity contribution in [1.29, 1.82) is 0 Å². The molecule has 4 aromatic rings. The van der Waals surface area contributed by atoms with Crippen LogP contribution in [0.5, 0.6) is 5.75 Å². The minimum Gasteiger partial charge on any atom is -0.482 e. The zero-order valence-electron chi connectivity index (χ0n) is 38.2. The number of halogens is 3. The number of imide groups is 2. The van der Waals surface area contributed by atoms with E-state index in [-0.39, 0.29) is 46.2 Å². The number of hydrogen-bond donors (Lipinski definition) is 3. The van der Waals surface area contributed by atoms with Crippen LogP contribution in [0.15, 0.2) is 55.0 Å². The number of benzene rings is 2. The average Bonchev–Trinajstić information content (AvgIpc) is 3.91. The Morgan fingerprint density at radius 1 is 0.881 bits per heavy atom. The van der Waals surface area contributed by atoms with E-state index in [1.165, 1.54) is 57.1 Å². The van der Waals surface area contributed by atoms with Crippen molar-refractivity contribution in [2.45, 2.75) is 141 Å². The third-order valence-corrected chi connectivity index (χ3v) is 13.9. The molecule has 67 heavy (non-hydrogen) atoms. The van der Waals surface area contributed by atoms with Gasteiger partial charge in [0, 0.05) is 72.3 Å². The molecule has 5 heterocycles. The number of nitrogen functional groups attached to an aromatic ring is 1. The summed E-state index contributed by atoms with van der Waals surface area (Å²) in [5, 5.41) is 10.4. The highest BCUT2D eigenvalue weighted by Gasteiger charge is 2.45. The SMILES string of the molecule is C[C@@H](Oc1cc(-c2cnn(C3CCN(C(=O)CCCCCCCCCCCCCCCNc4cccc5c4C(=O)N(C4CCC(=O)NC4=O)C5=O)CC3)c2)cnc1N)c1c(Cl)ccc(F)c1Cl. The molecule has 2 saturated heterocycles. The third-order valence-electron chi connectivity index (χ3n) is 13.1. The summed E-state index contributed by atoms with van der Waals surface area (Å²) < 4.78 is 22.2. The maximum Gasteiger partial charge on any atom is 0.264 e. The fourth-order valence-electron chi connectivity index (χ4n) is 9.33. The monoisotopic (exact) mass is 958 g/mol. The van der Waals surface area contributed by atoms with Gasteiger partial charge in [-0.2, -0.15) is 5.10 Å². The van der Waals surface area contributed by atoms with Gasteiger partial charge in [-0.3, -0.25) is 38.9 Å². The number of ether oxygens (including phenoxy) is 1. The predicted molar refractivity (Wildman–Crippen MR) is 256 cm³/mol. The zero-order valence-corrected chi connectivity index (χ0v) is 39.7.